The first kappa shape index (κ1) is 26.9. The van der Waals surface area contributed by atoms with Crippen LogP contribution in [0.1, 0.15) is 39.1 Å². The van der Waals surface area contributed by atoms with Crippen molar-refractivity contribution >= 4 is 29.2 Å². The predicted molar refractivity (Wildman–Crippen MR) is 154 cm³/mol. The van der Waals surface area contributed by atoms with Gasteiger partial charge in [0.2, 0.25) is 0 Å². The van der Waals surface area contributed by atoms with Crippen molar-refractivity contribution in [2.24, 2.45) is 5.73 Å². The minimum Gasteiger partial charge on any atom is -0.507 e. The molecular formula is C31H26ClN5O3. The van der Waals surface area contributed by atoms with Gasteiger partial charge < -0.3 is 21.1 Å². The Morgan fingerprint density at radius 3 is 2.58 bits per heavy atom. The number of anilines is 1. The molecule has 0 aliphatic carbocycles. The number of phenols is 1. The third-order valence-electron chi connectivity index (χ3n) is 6.83. The smallest absolute Gasteiger partial charge is 0.258 e. The Labute approximate surface area is 236 Å². The van der Waals surface area contributed by atoms with Crippen molar-refractivity contribution in [2.45, 2.75) is 18.9 Å². The van der Waals surface area contributed by atoms with Crippen LogP contribution in [0.2, 0.25) is 5.02 Å². The molecule has 200 valence electrons. The van der Waals surface area contributed by atoms with Gasteiger partial charge in [0.05, 0.1) is 16.3 Å². The number of para-hydroxylation sites is 1. The predicted octanol–water partition coefficient (Wildman–Crippen LogP) is 5.46. The fraction of sp³-hybridized carbons (Fsp3) is 0.161. The molecule has 40 heavy (non-hydrogen) atoms. The molecule has 1 fully saturated rings. The molecule has 1 saturated heterocycles. The lowest BCUT2D eigenvalue weighted by atomic mass is 9.96. The lowest BCUT2D eigenvalue weighted by Crippen LogP contribution is -2.45. The molecular weight excluding hydrogens is 526 g/mol. The summed E-state index contributed by atoms with van der Waals surface area (Å²) in [6.07, 6.45) is 1.72. The highest BCUT2D eigenvalue weighted by molar-refractivity contribution is 6.34. The molecule has 0 spiro atoms. The molecule has 3 aromatic carbocycles. The lowest BCUT2D eigenvalue weighted by molar-refractivity contribution is 0.0708. The van der Waals surface area contributed by atoms with Crippen LogP contribution in [0.25, 0.3) is 22.4 Å². The first-order valence-electron chi connectivity index (χ1n) is 12.8. The maximum atomic E-state index is 13.3. The molecule has 4 N–H and O–H groups in total. The number of piperidine rings is 1. The Bertz CT molecular complexity index is 1650. The number of halogens is 1. The van der Waals surface area contributed by atoms with Gasteiger partial charge in [-0.15, -0.1) is 0 Å². The van der Waals surface area contributed by atoms with Gasteiger partial charge in [-0.1, -0.05) is 48.0 Å². The Morgan fingerprint density at radius 2 is 1.82 bits per heavy atom. The summed E-state index contributed by atoms with van der Waals surface area (Å²) in [6.45, 7) is 1.11. The summed E-state index contributed by atoms with van der Waals surface area (Å²) >= 11 is 6.23. The van der Waals surface area contributed by atoms with Crippen LogP contribution in [-0.4, -0.2) is 45.9 Å². The fourth-order valence-corrected chi connectivity index (χ4v) is 5.04. The number of amides is 2. The number of hydrogen-bond donors (Lipinski definition) is 3. The second-order valence-corrected chi connectivity index (χ2v) is 9.98. The third-order valence-corrected chi connectivity index (χ3v) is 7.16. The van der Waals surface area contributed by atoms with E-state index in [1.807, 2.05) is 0 Å². The van der Waals surface area contributed by atoms with E-state index in [0.717, 1.165) is 12.8 Å². The number of hydrogen-bond acceptors (Lipinski definition) is 6. The Hall–Kier alpha value is -4.71. The molecule has 1 aromatic heterocycles. The average Bonchev–Trinajstić information content (AvgIpc) is 2.97. The van der Waals surface area contributed by atoms with Gasteiger partial charge in [-0.05, 0) is 60.9 Å². The number of pyridine rings is 1. The molecule has 0 saturated carbocycles. The SMILES string of the molecule is N#Cc1c(-c2cccc(C(=O)N3CCCC(N)C3)c2)cc(-c2ccccc2O)nc1NC(=O)c1ccccc1Cl. The van der Waals surface area contributed by atoms with Gasteiger partial charge in [0.25, 0.3) is 11.8 Å². The number of rotatable bonds is 5. The molecule has 5 rings (SSSR count). The summed E-state index contributed by atoms with van der Waals surface area (Å²) in [5.74, 6) is -0.695. The number of phenolic OH excluding ortho intramolecular Hbond substituents is 1. The van der Waals surface area contributed by atoms with E-state index in [4.69, 9.17) is 17.3 Å². The third kappa shape index (κ3) is 5.52. The van der Waals surface area contributed by atoms with E-state index in [-0.39, 0.29) is 39.7 Å². The van der Waals surface area contributed by atoms with Crippen LogP contribution in [0.4, 0.5) is 5.82 Å². The van der Waals surface area contributed by atoms with Crippen LogP contribution in [0.3, 0.4) is 0 Å². The molecule has 9 heteroatoms. The summed E-state index contributed by atoms with van der Waals surface area (Å²) in [6, 6.07) is 23.9. The summed E-state index contributed by atoms with van der Waals surface area (Å²) in [7, 11) is 0. The maximum absolute atomic E-state index is 13.3. The normalized spacial score (nSPS) is 14.8. The molecule has 1 unspecified atom stereocenters. The van der Waals surface area contributed by atoms with Crippen molar-refractivity contribution in [3.63, 3.8) is 0 Å². The van der Waals surface area contributed by atoms with E-state index in [1.165, 1.54) is 6.07 Å². The molecule has 1 atom stereocenters. The van der Waals surface area contributed by atoms with Crippen LogP contribution in [0.15, 0.2) is 78.9 Å². The van der Waals surface area contributed by atoms with Crippen molar-refractivity contribution in [2.75, 3.05) is 18.4 Å². The number of aromatic nitrogens is 1. The number of carbonyl (C=O) groups is 2. The van der Waals surface area contributed by atoms with Gasteiger partial charge >= 0.3 is 0 Å². The van der Waals surface area contributed by atoms with E-state index in [2.05, 4.69) is 16.4 Å². The standard InChI is InChI=1S/C31H26ClN5O3/c32-26-12-3-1-10-22(26)30(39)36-29-25(17-33)24(16-27(35-29)23-11-2-4-13-28(23)38)19-7-5-8-20(15-19)31(40)37-14-6-9-21(34)18-37/h1-5,7-8,10-13,15-16,21,38H,6,9,14,18,34H2,(H,35,36,39). The number of nitrogens with one attached hydrogen (secondary N) is 1. The zero-order valence-electron chi connectivity index (χ0n) is 21.5. The lowest BCUT2D eigenvalue weighted by Gasteiger charge is -2.31. The van der Waals surface area contributed by atoms with E-state index in [9.17, 15) is 20.0 Å². The maximum Gasteiger partial charge on any atom is 0.258 e. The Kier molecular flexibility index (Phi) is 7.78. The number of benzene rings is 3. The quantitative estimate of drug-likeness (QED) is 0.301. The van der Waals surface area contributed by atoms with E-state index >= 15 is 0 Å². The van der Waals surface area contributed by atoms with Crippen molar-refractivity contribution in [1.29, 1.82) is 5.26 Å². The van der Waals surface area contributed by atoms with E-state index < -0.39 is 5.91 Å². The minimum absolute atomic E-state index is 0.00177. The first-order chi connectivity index (χ1) is 19.4. The molecule has 1 aliphatic heterocycles. The van der Waals surface area contributed by atoms with Gasteiger partial charge in [0.1, 0.15) is 17.4 Å². The monoisotopic (exact) mass is 551 g/mol. The van der Waals surface area contributed by atoms with Gasteiger partial charge in [-0.25, -0.2) is 4.98 Å². The van der Waals surface area contributed by atoms with Gasteiger partial charge in [-0.2, -0.15) is 5.26 Å². The summed E-state index contributed by atoms with van der Waals surface area (Å²) in [5.41, 5.74) is 8.63. The van der Waals surface area contributed by atoms with Crippen molar-refractivity contribution in [3.05, 3.63) is 101 Å². The molecule has 2 heterocycles. The molecule has 2 amide bonds. The molecule has 8 nitrogen and oxygen atoms in total. The van der Waals surface area contributed by atoms with Crippen LogP contribution < -0.4 is 11.1 Å². The van der Waals surface area contributed by atoms with E-state index in [1.54, 1.807) is 77.7 Å². The van der Waals surface area contributed by atoms with E-state index in [0.29, 0.717) is 41.0 Å². The second-order valence-electron chi connectivity index (χ2n) is 9.58. The Morgan fingerprint density at radius 1 is 1.05 bits per heavy atom. The fourth-order valence-electron chi connectivity index (χ4n) is 4.82. The number of carbonyl (C=O) groups excluding carboxylic acids is 2. The average molecular weight is 552 g/mol. The minimum atomic E-state index is -0.541. The number of nitriles is 1. The number of aromatic hydroxyl groups is 1. The van der Waals surface area contributed by atoms with Crippen molar-refractivity contribution in [1.82, 2.24) is 9.88 Å². The van der Waals surface area contributed by atoms with Crippen molar-refractivity contribution in [3.8, 4) is 34.2 Å². The largest absolute Gasteiger partial charge is 0.507 e. The number of nitrogens with zero attached hydrogens (tertiary/aromatic N) is 3. The molecule has 4 aromatic rings. The van der Waals surface area contributed by atoms with Gasteiger partial charge in [0, 0.05) is 35.8 Å². The summed E-state index contributed by atoms with van der Waals surface area (Å²) < 4.78 is 0. The highest BCUT2D eigenvalue weighted by atomic mass is 35.5. The zero-order valence-corrected chi connectivity index (χ0v) is 22.2. The van der Waals surface area contributed by atoms with Crippen LogP contribution >= 0.6 is 11.6 Å². The molecule has 0 radical (unpaired) electrons. The van der Waals surface area contributed by atoms with Crippen LogP contribution in [0, 0.1) is 11.3 Å². The zero-order chi connectivity index (χ0) is 28.2. The summed E-state index contributed by atoms with van der Waals surface area (Å²) in [4.78, 5) is 32.8. The van der Waals surface area contributed by atoms with Gasteiger partial charge in [0.15, 0.2) is 5.82 Å². The van der Waals surface area contributed by atoms with Crippen LogP contribution in [-0.2, 0) is 0 Å². The highest BCUT2D eigenvalue weighted by Gasteiger charge is 2.24. The number of likely N-dealkylation sites (tertiary alicyclic amines) is 1. The second kappa shape index (κ2) is 11.6. The number of nitrogens with two attached hydrogens (primary N) is 1. The molecule has 1 aliphatic rings. The first-order valence-corrected chi connectivity index (χ1v) is 13.2. The summed E-state index contributed by atoms with van der Waals surface area (Å²) in [5, 5.41) is 23.7. The topological polar surface area (TPSA) is 132 Å². The molecule has 0 bridgehead atoms. The van der Waals surface area contributed by atoms with Crippen molar-refractivity contribution < 1.29 is 14.7 Å². The van der Waals surface area contributed by atoms with Gasteiger partial charge in [-0.3, -0.25) is 9.59 Å². The highest BCUT2D eigenvalue weighted by Crippen LogP contribution is 2.36. The Balaban J connectivity index is 1.62. The van der Waals surface area contributed by atoms with Crippen LogP contribution in [0.5, 0.6) is 5.75 Å².